The monoisotopic (exact) mass is 338 g/mol. The lowest BCUT2D eigenvalue weighted by Crippen LogP contribution is -2.22. The molecule has 10 heteroatoms. The topological polar surface area (TPSA) is 115 Å². The number of nitrogens with one attached hydrogen (secondary N) is 2. The summed E-state index contributed by atoms with van der Waals surface area (Å²) in [6.07, 6.45) is 2.66. The normalized spacial score (nSPS) is 11.8. The van der Waals surface area contributed by atoms with Crippen molar-refractivity contribution >= 4 is 34.7 Å². The Kier molecular flexibility index (Phi) is 5.61. The van der Waals surface area contributed by atoms with Crippen LogP contribution in [-0.4, -0.2) is 39.6 Å². The first kappa shape index (κ1) is 16.8. The molecule has 0 saturated carbocycles. The van der Waals surface area contributed by atoms with Gasteiger partial charge in [-0.3, -0.25) is 10.1 Å². The summed E-state index contributed by atoms with van der Waals surface area (Å²) in [5.74, 6) is 0.519. The number of anilines is 3. The molecular formula is C13H15ClN6O3. The Morgan fingerprint density at radius 2 is 2.09 bits per heavy atom. The fraction of sp³-hybridized carbons (Fsp3) is 0.308. The van der Waals surface area contributed by atoms with Crippen LogP contribution >= 0.6 is 11.6 Å². The fourth-order valence-corrected chi connectivity index (χ4v) is 1.96. The maximum absolute atomic E-state index is 11.4. The van der Waals surface area contributed by atoms with Crippen LogP contribution < -0.4 is 10.6 Å². The first-order chi connectivity index (χ1) is 11.0. The molecule has 0 spiro atoms. The summed E-state index contributed by atoms with van der Waals surface area (Å²) in [4.78, 5) is 22.7. The molecule has 0 radical (unpaired) electrons. The van der Waals surface area contributed by atoms with Crippen LogP contribution in [0.4, 0.5) is 23.1 Å². The number of nitrogens with zero attached hydrogens (tertiary/aromatic N) is 4. The van der Waals surface area contributed by atoms with Crippen LogP contribution in [0, 0.1) is 10.1 Å². The number of nitro groups is 1. The Balaban J connectivity index is 2.31. The highest BCUT2D eigenvalue weighted by Crippen LogP contribution is 2.31. The Morgan fingerprint density at radius 1 is 1.35 bits per heavy atom. The van der Waals surface area contributed by atoms with Gasteiger partial charge in [0, 0.05) is 19.3 Å². The van der Waals surface area contributed by atoms with E-state index in [2.05, 4.69) is 25.6 Å². The number of rotatable bonds is 7. The Labute approximate surface area is 137 Å². The molecule has 0 aliphatic heterocycles. The van der Waals surface area contributed by atoms with Gasteiger partial charge in [-0.25, -0.2) is 15.0 Å². The lowest BCUT2D eigenvalue weighted by atomic mass is 10.3. The number of aromatic nitrogens is 3. The van der Waals surface area contributed by atoms with Crippen molar-refractivity contribution in [1.29, 1.82) is 0 Å². The van der Waals surface area contributed by atoms with Crippen molar-refractivity contribution < 1.29 is 9.66 Å². The number of hydrogen-bond acceptors (Lipinski definition) is 8. The highest BCUT2D eigenvalue weighted by molar-refractivity contribution is 6.30. The lowest BCUT2D eigenvalue weighted by Gasteiger charge is -2.14. The van der Waals surface area contributed by atoms with Crippen molar-refractivity contribution in [2.45, 2.75) is 13.0 Å². The van der Waals surface area contributed by atoms with Crippen molar-refractivity contribution in [3.05, 3.63) is 39.8 Å². The second kappa shape index (κ2) is 7.65. The van der Waals surface area contributed by atoms with Gasteiger partial charge in [-0.1, -0.05) is 11.6 Å². The summed E-state index contributed by atoms with van der Waals surface area (Å²) < 4.78 is 5.00. The van der Waals surface area contributed by atoms with Gasteiger partial charge in [-0.15, -0.1) is 0 Å². The second-order valence-corrected chi connectivity index (χ2v) is 5.10. The van der Waals surface area contributed by atoms with E-state index in [4.69, 9.17) is 16.3 Å². The van der Waals surface area contributed by atoms with Crippen LogP contribution in [0.1, 0.15) is 6.92 Å². The van der Waals surface area contributed by atoms with E-state index < -0.39 is 4.92 Å². The third kappa shape index (κ3) is 4.47. The van der Waals surface area contributed by atoms with Gasteiger partial charge in [-0.2, -0.15) is 0 Å². The molecule has 0 fully saturated rings. The van der Waals surface area contributed by atoms with Crippen molar-refractivity contribution in [2.24, 2.45) is 0 Å². The minimum absolute atomic E-state index is 0.0342. The molecule has 9 nitrogen and oxygen atoms in total. The van der Waals surface area contributed by atoms with Crippen molar-refractivity contribution in [3.8, 4) is 0 Å². The predicted octanol–water partition coefficient (Wildman–Crippen LogP) is 2.62. The molecule has 2 N–H and O–H groups in total. The third-order valence-corrected chi connectivity index (χ3v) is 3.00. The zero-order valence-corrected chi connectivity index (χ0v) is 13.2. The predicted molar refractivity (Wildman–Crippen MR) is 86.2 cm³/mol. The molecule has 23 heavy (non-hydrogen) atoms. The van der Waals surface area contributed by atoms with Crippen molar-refractivity contribution in [2.75, 3.05) is 24.4 Å². The Hall–Kier alpha value is -2.52. The van der Waals surface area contributed by atoms with Crippen LogP contribution in [0.5, 0.6) is 0 Å². The van der Waals surface area contributed by atoms with Crippen LogP contribution in [0.15, 0.2) is 24.7 Å². The van der Waals surface area contributed by atoms with E-state index in [1.165, 1.54) is 12.5 Å². The minimum Gasteiger partial charge on any atom is -0.383 e. The van der Waals surface area contributed by atoms with Crippen molar-refractivity contribution in [1.82, 2.24) is 15.0 Å². The van der Waals surface area contributed by atoms with Gasteiger partial charge in [0.05, 0.1) is 16.6 Å². The van der Waals surface area contributed by atoms with Crippen LogP contribution in [0.3, 0.4) is 0 Å². The minimum atomic E-state index is -0.555. The van der Waals surface area contributed by atoms with E-state index in [1.807, 2.05) is 6.92 Å². The molecule has 2 aromatic rings. The van der Waals surface area contributed by atoms with Crippen LogP contribution in [-0.2, 0) is 4.74 Å². The van der Waals surface area contributed by atoms with Crippen LogP contribution in [0.25, 0.3) is 0 Å². The van der Waals surface area contributed by atoms with E-state index >= 15 is 0 Å². The quantitative estimate of drug-likeness (QED) is 0.584. The zero-order chi connectivity index (χ0) is 16.8. The van der Waals surface area contributed by atoms with Gasteiger partial charge in [0.1, 0.15) is 12.1 Å². The summed E-state index contributed by atoms with van der Waals surface area (Å²) in [7, 11) is 1.55. The smallest absolute Gasteiger partial charge is 0.353 e. The van der Waals surface area contributed by atoms with E-state index in [1.54, 1.807) is 19.2 Å². The van der Waals surface area contributed by atoms with E-state index in [9.17, 15) is 10.1 Å². The highest BCUT2D eigenvalue weighted by Gasteiger charge is 2.24. The molecule has 2 heterocycles. The molecule has 0 aromatic carbocycles. The van der Waals surface area contributed by atoms with Gasteiger partial charge in [0.15, 0.2) is 0 Å². The fourth-order valence-electron chi connectivity index (χ4n) is 1.84. The zero-order valence-electron chi connectivity index (χ0n) is 12.5. The van der Waals surface area contributed by atoms with Crippen molar-refractivity contribution in [3.63, 3.8) is 0 Å². The van der Waals surface area contributed by atoms with Gasteiger partial charge >= 0.3 is 5.69 Å². The van der Waals surface area contributed by atoms with E-state index in [-0.39, 0.29) is 23.4 Å². The highest BCUT2D eigenvalue weighted by atomic mass is 35.5. The summed E-state index contributed by atoms with van der Waals surface area (Å²) >= 11 is 5.76. The van der Waals surface area contributed by atoms with Gasteiger partial charge in [-0.05, 0) is 19.1 Å². The van der Waals surface area contributed by atoms with Gasteiger partial charge in [0.2, 0.25) is 11.6 Å². The molecule has 2 aromatic heterocycles. The molecule has 1 unspecified atom stereocenters. The second-order valence-electron chi connectivity index (χ2n) is 4.66. The van der Waals surface area contributed by atoms with E-state index in [0.29, 0.717) is 17.4 Å². The molecule has 0 saturated heterocycles. The first-order valence-corrected chi connectivity index (χ1v) is 7.02. The Morgan fingerprint density at radius 3 is 2.70 bits per heavy atom. The standard InChI is InChI=1S/C13H15ClN6O3/c1-8(6-23-2)18-12-11(20(21)22)13(17-7-16-12)19-10-4-3-9(14)5-15-10/h3-5,7-8H,6H2,1-2H3,(H2,15,16,17,18,19). The number of pyridine rings is 1. The van der Waals surface area contributed by atoms with Crippen LogP contribution in [0.2, 0.25) is 5.02 Å². The molecule has 0 amide bonds. The average Bonchev–Trinajstić information content (AvgIpc) is 2.49. The SMILES string of the molecule is COCC(C)Nc1ncnc(Nc2ccc(Cl)cn2)c1[N+](=O)[O-]. The summed E-state index contributed by atoms with van der Waals surface area (Å²) in [5.41, 5.74) is -0.271. The maximum Gasteiger partial charge on any atom is 0.353 e. The molecule has 0 aliphatic rings. The number of ether oxygens (including phenoxy) is 1. The Bertz CT molecular complexity index is 682. The molecule has 1 atom stereocenters. The number of methoxy groups -OCH3 is 1. The van der Waals surface area contributed by atoms with Gasteiger partial charge < -0.3 is 15.4 Å². The number of halogens is 1. The molecule has 0 aliphatic carbocycles. The first-order valence-electron chi connectivity index (χ1n) is 6.64. The molecule has 122 valence electrons. The summed E-state index contributed by atoms with van der Waals surface area (Å²) in [6.45, 7) is 2.20. The molecule has 0 bridgehead atoms. The number of hydrogen-bond donors (Lipinski definition) is 2. The lowest BCUT2D eigenvalue weighted by molar-refractivity contribution is -0.383. The van der Waals surface area contributed by atoms with E-state index in [0.717, 1.165) is 0 Å². The summed E-state index contributed by atoms with van der Waals surface area (Å²) in [6, 6.07) is 3.05. The van der Waals surface area contributed by atoms with Gasteiger partial charge in [0.25, 0.3) is 0 Å². The molecular weight excluding hydrogens is 324 g/mol. The largest absolute Gasteiger partial charge is 0.383 e. The maximum atomic E-state index is 11.4. The average molecular weight is 339 g/mol. The third-order valence-electron chi connectivity index (χ3n) is 2.78. The summed E-state index contributed by atoms with van der Waals surface area (Å²) in [5, 5.41) is 17.6. The molecule has 2 rings (SSSR count).